The third-order valence-electron chi connectivity index (χ3n) is 2.68. The Bertz CT molecular complexity index is 538. The van der Waals surface area contributed by atoms with Crippen LogP contribution in [0.2, 0.25) is 0 Å². The van der Waals surface area contributed by atoms with E-state index in [0.717, 1.165) is 17.1 Å². The molecule has 23 heavy (non-hydrogen) atoms. The van der Waals surface area contributed by atoms with Gasteiger partial charge in [-0.05, 0) is 37.6 Å². The molecule has 1 unspecified atom stereocenters. The van der Waals surface area contributed by atoms with Gasteiger partial charge in [0.25, 0.3) is 10.1 Å². The van der Waals surface area contributed by atoms with Gasteiger partial charge in [-0.3, -0.25) is 9.35 Å². The molecule has 1 atom stereocenters. The molecule has 0 amide bonds. The molecule has 0 aromatic heterocycles. The summed E-state index contributed by atoms with van der Waals surface area (Å²) in [6.07, 6.45) is 1.05. The Morgan fingerprint density at radius 3 is 2.13 bits per heavy atom. The lowest BCUT2D eigenvalue weighted by molar-refractivity contribution is -0.119. The van der Waals surface area contributed by atoms with Crippen molar-refractivity contribution in [3.8, 4) is 0 Å². The standard InChI is InChI=1S/C13H18O5S2.3CH4/c1-10(14)9-11(18-2)7-8-19-12-3-5-13(6-4-12)20(15,16)17;;;/h3-6,11H,7-9H2,1-2H3,(H,15,16,17);3*1H4. The van der Waals surface area contributed by atoms with Gasteiger partial charge in [-0.2, -0.15) is 8.42 Å². The minimum Gasteiger partial charge on any atom is -0.381 e. The molecule has 0 bridgehead atoms. The number of Topliss-reactive ketones (excluding diaryl/α,β-unsaturated/α-hetero) is 1. The topological polar surface area (TPSA) is 80.7 Å². The van der Waals surface area contributed by atoms with Gasteiger partial charge in [-0.25, -0.2) is 0 Å². The number of rotatable bonds is 8. The number of benzene rings is 1. The molecule has 5 nitrogen and oxygen atoms in total. The lowest BCUT2D eigenvalue weighted by atomic mass is 10.1. The van der Waals surface area contributed by atoms with Gasteiger partial charge in [-0.1, -0.05) is 22.3 Å². The Kier molecular flexibility index (Phi) is 14.7. The largest absolute Gasteiger partial charge is 0.381 e. The number of hydrogen-bond acceptors (Lipinski definition) is 5. The summed E-state index contributed by atoms with van der Waals surface area (Å²) in [5.41, 5.74) is 0. The van der Waals surface area contributed by atoms with Gasteiger partial charge < -0.3 is 4.74 Å². The highest BCUT2D eigenvalue weighted by atomic mass is 32.2. The Morgan fingerprint density at radius 2 is 1.74 bits per heavy atom. The van der Waals surface area contributed by atoms with Crippen molar-refractivity contribution in [2.24, 2.45) is 0 Å². The van der Waals surface area contributed by atoms with Crippen LogP contribution in [0.5, 0.6) is 0 Å². The van der Waals surface area contributed by atoms with E-state index >= 15 is 0 Å². The Labute approximate surface area is 145 Å². The Hall–Kier alpha value is -0.890. The zero-order valence-corrected chi connectivity index (χ0v) is 13.0. The minimum absolute atomic E-state index is 0. The Balaban J connectivity index is -0.00000133. The second-order valence-corrected chi connectivity index (χ2v) is 6.94. The fourth-order valence-electron chi connectivity index (χ4n) is 1.64. The predicted octanol–water partition coefficient (Wildman–Crippen LogP) is 4.32. The summed E-state index contributed by atoms with van der Waals surface area (Å²) in [6, 6.07) is 6.00. The van der Waals surface area contributed by atoms with Crippen molar-refractivity contribution in [2.75, 3.05) is 12.9 Å². The number of ether oxygens (including phenoxy) is 1. The fraction of sp³-hybridized carbons (Fsp3) is 0.562. The maximum atomic E-state index is 11.0. The van der Waals surface area contributed by atoms with Crippen molar-refractivity contribution in [3.05, 3.63) is 24.3 Å². The van der Waals surface area contributed by atoms with Gasteiger partial charge in [0.05, 0.1) is 11.0 Å². The van der Waals surface area contributed by atoms with Gasteiger partial charge in [0.2, 0.25) is 0 Å². The highest BCUT2D eigenvalue weighted by Gasteiger charge is 2.11. The molecular formula is C16H30O5S2. The summed E-state index contributed by atoms with van der Waals surface area (Å²) in [7, 11) is -2.56. The summed E-state index contributed by atoms with van der Waals surface area (Å²) < 4.78 is 35.9. The first-order valence-electron chi connectivity index (χ1n) is 6.05. The summed E-state index contributed by atoms with van der Waals surface area (Å²) in [6.45, 7) is 1.53. The molecule has 1 N–H and O–H groups in total. The molecule has 0 aliphatic rings. The smallest absolute Gasteiger partial charge is 0.294 e. The van der Waals surface area contributed by atoms with E-state index in [4.69, 9.17) is 9.29 Å². The van der Waals surface area contributed by atoms with E-state index in [1.54, 1.807) is 31.0 Å². The maximum absolute atomic E-state index is 11.0. The highest BCUT2D eigenvalue weighted by molar-refractivity contribution is 7.99. The molecule has 0 heterocycles. The van der Waals surface area contributed by atoms with Crippen molar-refractivity contribution in [1.29, 1.82) is 0 Å². The summed E-state index contributed by atoms with van der Waals surface area (Å²) in [5, 5.41) is 0. The van der Waals surface area contributed by atoms with Crippen molar-refractivity contribution in [1.82, 2.24) is 0 Å². The molecule has 0 aliphatic heterocycles. The van der Waals surface area contributed by atoms with E-state index in [2.05, 4.69) is 0 Å². The molecule has 7 heteroatoms. The molecule has 0 saturated heterocycles. The number of carbonyl (C=O) groups is 1. The molecule has 1 aromatic rings. The quantitative estimate of drug-likeness (QED) is 0.545. The van der Waals surface area contributed by atoms with Crippen LogP contribution < -0.4 is 0 Å². The highest BCUT2D eigenvalue weighted by Crippen LogP contribution is 2.22. The van der Waals surface area contributed by atoms with Crippen molar-refractivity contribution < 1.29 is 22.5 Å². The van der Waals surface area contributed by atoms with Crippen molar-refractivity contribution in [3.63, 3.8) is 0 Å². The molecule has 0 radical (unpaired) electrons. The van der Waals surface area contributed by atoms with Crippen LogP contribution in [0.15, 0.2) is 34.1 Å². The number of thioether (sulfide) groups is 1. The average Bonchev–Trinajstić information content (AvgIpc) is 2.36. The first-order valence-corrected chi connectivity index (χ1v) is 8.48. The van der Waals surface area contributed by atoms with Crippen LogP contribution in [0.4, 0.5) is 0 Å². The van der Waals surface area contributed by atoms with Gasteiger partial charge in [0, 0.05) is 24.2 Å². The summed E-state index contributed by atoms with van der Waals surface area (Å²) in [4.78, 5) is 11.8. The van der Waals surface area contributed by atoms with Gasteiger partial charge in [0.15, 0.2) is 0 Å². The van der Waals surface area contributed by atoms with Crippen LogP contribution in [-0.4, -0.2) is 37.7 Å². The lowest BCUT2D eigenvalue weighted by Crippen LogP contribution is -2.15. The SMILES string of the molecule is C.C.C.COC(CCSc1ccc(S(=O)(=O)O)cc1)CC(C)=O. The van der Waals surface area contributed by atoms with Crippen LogP contribution in [-0.2, 0) is 19.6 Å². The molecular weight excluding hydrogens is 336 g/mol. The molecule has 1 rings (SSSR count). The van der Waals surface area contributed by atoms with Crippen LogP contribution in [0.25, 0.3) is 0 Å². The van der Waals surface area contributed by atoms with Crippen LogP contribution >= 0.6 is 11.8 Å². The number of methoxy groups -OCH3 is 1. The third kappa shape index (κ3) is 10.5. The molecule has 0 spiro atoms. The lowest BCUT2D eigenvalue weighted by Gasteiger charge is -2.13. The molecule has 0 saturated carbocycles. The molecule has 136 valence electrons. The molecule has 0 aliphatic carbocycles. The van der Waals surface area contributed by atoms with Crippen LogP contribution in [0.1, 0.15) is 42.0 Å². The van der Waals surface area contributed by atoms with Gasteiger partial charge in [0.1, 0.15) is 5.78 Å². The fourth-order valence-corrected chi connectivity index (χ4v) is 3.06. The normalized spacial score (nSPS) is 11.4. The predicted molar refractivity (Wildman–Crippen MR) is 97.9 cm³/mol. The maximum Gasteiger partial charge on any atom is 0.294 e. The van der Waals surface area contributed by atoms with E-state index < -0.39 is 10.1 Å². The third-order valence-corrected chi connectivity index (χ3v) is 4.59. The number of ketones is 1. The monoisotopic (exact) mass is 366 g/mol. The second-order valence-electron chi connectivity index (χ2n) is 4.35. The van der Waals surface area contributed by atoms with Crippen molar-refractivity contribution in [2.45, 2.75) is 57.9 Å². The minimum atomic E-state index is -4.14. The number of carbonyl (C=O) groups excluding carboxylic acids is 1. The first-order chi connectivity index (χ1) is 9.32. The summed E-state index contributed by atoms with van der Waals surface area (Å²) >= 11 is 1.54. The summed E-state index contributed by atoms with van der Waals surface area (Å²) in [5.74, 6) is 0.858. The van der Waals surface area contributed by atoms with Gasteiger partial charge >= 0.3 is 0 Å². The van der Waals surface area contributed by atoms with E-state index in [1.807, 2.05) is 0 Å². The van der Waals surface area contributed by atoms with Crippen LogP contribution in [0, 0.1) is 0 Å². The number of hydrogen-bond donors (Lipinski definition) is 1. The zero-order valence-electron chi connectivity index (χ0n) is 11.4. The van der Waals surface area contributed by atoms with Crippen LogP contribution in [0.3, 0.4) is 0 Å². The van der Waals surface area contributed by atoms with Crippen molar-refractivity contribution >= 4 is 27.7 Å². The van der Waals surface area contributed by atoms with E-state index in [-0.39, 0.29) is 39.1 Å². The zero-order chi connectivity index (χ0) is 15.2. The van der Waals surface area contributed by atoms with E-state index in [1.165, 1.54) is 19.1 Å². The molecule has 0 fully saturated rings. The first kappa shape index (κ1) is 27.0. The Morgan fingerprint density at radius 1 is 1.22 bits per heavy atom. The average molecular weight is 367 g/mol. The van der Waals surface area contributed by atoms with E-state index in [0.29, 0.717) is 6.42 Å². The second kappa shape index (κ2) is 12.5. The van der Waals surface area contributed by atoms with Gasteiger partial charge in [-0.15, -0.1) is 11.8 Å². The molecule has 1 aromatic carbocycles. The van der Waals surface area contributed by atoms with E-state index in [9.17, 15) is 13.2 Å².